The molecule has 0 unspecified atom stereocenters. The second-order valence-electron chi connectivity index (χ2n) is 4.80. The lowest BCUT2D eigenvalue weighted by molar-refractivity contribution is -0.393. The molecule has 0 spiro atoms. The number of nitrogens with one attached hydrogen (secondary N) is 1. The fourth-order valence-corrected chi connectivity index (χ4v) is 1.98. The van der Waals surface area contributed by atoms with Gasteiger partial charge in [0.05, 0.1) is 27.4 Å². The lowest BCUT2D eigenvalue weighted by Crippen LogP contribution is -2.15. The molecule has 0 fully saturated rings. The average Bonchev–Trinajstić information content (AvgIpc) is 2.59. The number of Topliss-reactive ketones (excluding diaryl/α,β-unsaturated/α-hetero) is 1. The molecule has 128 valence electrons. The van der Waals surface area contributed by atoms with E-state index in [1.54, 1.807) is 0 Å². The first-order valence-corrected chi connectivity index (χ1v) is 6.74. The predicted octanol–water partition coefficient (Wildman–Crippen LogP) is 2.71. The molecule has 11 heteroatoms. The molecule has 0 saturated carbocycles. The first-order chi connectivity index (χ1) is 11.8. The normalized spacial score (nSPS) is 10.1. The van der Waals surface area contributed by atoms with Crippen molar-refractivity contribution < 1.29 is 19.6 Å². The van der Waals surface area contributed by atoms with Gasteiger partial charge in [-0.3, -0.25) is 35.1 Å². The number of hydrogen-bond donors (Lipinski definition) is 1. The summed E-state index contributed by atoms with van der Waals surface area (Å²) < 4.78 is 0. The zero-order chi connectivity index (χ0) is 18.6. The molecule has 0 bridgehead atoms. The largest absolute Gasteiger partial charge is 0.372 e. The number of benzene rings is 2. The smallest absolute Gasteiger partial charge is 0.299 e. The summed E-state index contributed by atoms with van der Waals surface area (Å²) in [5.74, 6) is -0.456. The van der Waals surface area contributed by atoms with Gasteiger partial charge >= 0.3 is 0 Å². The summed E-state index contributed by atoms with van der Waals surface area (Å²) in [6.07, 6.45) is 0. The topological polar surface area (TPSA) is 159 Å². The minimum Gasteiger partial charge on any atom is -0.372 e. The summed E-state index contributed by atoms with van der Waals surface area (Å²) in [7, 11) is 0. The van der Waals surface area contributed by atoms with Crippen molar-refractivity contribution in [3.63, 3.8) is 0 Å². The van der Waals surface area contributed by atoms with Crippen molar-refractivity contribution in [3.05, 3.63) is 78.4 Å². The van der Waals surface area contributed by atoms with Crippen LogP contribution < -0.4 is 5.32 Å². The van der Waals surface area contributed by atoms with Gasteiger partial charge in [-0.1, -0.05) is 0 Å². The number of nitrogens with zero attached hydrogens (tertiary/aromatic N) is 3. The van der Waals surface area contributed by atoms with Crippen molar-refractivity contribution in [3.8, 4) is 0 Å². The van der Waals surface area contributed by atoms with Crippen LogP contribution in [0.25, 0.3) is 0 Å². The third-order valence-corrected chi connectivity index (χ3v) is 3.23. The van der Waals surface area contributed by atoms with E-state index >= 15 is 0 Å². The van der Waals surface area contributed by atoms with E-state index in [2.05, 4.69) is 5.32 Å². The number of carbonyl (C=O) groups is 1. The summed E-state index contributed by atoms with van der Waals surface area (Å²) in [6.45, 7) is -0.323. The molecule has 0 radical (unpaired) electrons. The Morgan fingerprint density at radius 1 is 0.840 bits per heavy atom. The van der Waals surface area contributed by atoms with Crippen molar-refractivity contribution in [2.24, 2.45) is 0 Å². The molecular weight excluding hydrogens is 336 g/mol. The summed E-state index contributed by atoms with van der Waals surface area (Å²) >= 11 is 0. The summed E-state index contributed by atoms with van der Waals surface area (Å²) in [5.41, 5.74) is -1.02. The molecule has 2 aromatic carbocycles. The Kier molecular flexibility index (Phi) is 4.98. The molecule has 0 saturated heterocycles. The van der Waals surface area contributed by atoms with Gasteiger partial charge in [0.1, 0.15) is 5.69 Å². The van der Waals surface area contributed by atoms with E-state index in [-0.39, 0.29) is 23.5 Å². The SMILES string of the molecule is O=C(CNc1ccc([N+](=O)[O-])cc1[N+](=O)[O-])c1ccc([N+](=O)[O-])cc1. The van der Waals surface area contributed by atoms with Crippen LogP contribution in [0, 0.1) is 30.3 Å². The number of carbonyl (C=O) groups excluding carboxylic acids is 1. The zero-order valence-corrected chi connectivity index (χ0v) is 12.4. The molecule has 0 aromatic heterocycles. The molecule has 1 N–H and O–H groups in total. The second-order valence-corrected chi connectivity index (χ2v) is 4.80. The van der Waals surface area contributed by atoms with E-state index in [1.165, 1.54) is 24.3 Å². The van der Waals surface area contributed by atoms with E-state index in [9.17, 15) is 35.1 Å². The fourth-order valence-electron chi connectivity index (χ4n) is 1.98. The molecule has 2 rings (SSSR count). The van der Waals surface area contributed by atoms with Gasteiger partial charge in [-0.15, -0.1) is 0 Å². The molecule has 0 aliphatic carbocycles. The highest BCUT2D eigenvalue weighted by Crippen LogP contribution is 2.28. The maximum absolute atomic E-state index is 12.0. The van der Waals surface area contributed by atoms with Crippen molar-refractivity contribution in [1.82, 2.24) is 0 Å². The van der Waals surface area contributed by atoms with Crippen LogP contribution in [-0.2, 0) is 0 Å². The van der Waals surface area contributed by atoms with E-state index < -0.39 is 31.9 Å². The van der Waals surface area contributed by atoms with Crippen molar-refractivity contribution >= 4 is 28.5 Å². The van der Waals surface area contributed by atoms with Crippen LogP contribution in [0.3, 0.4) is 0 Å². The van der Waals surface area contributed by atoms with Crippen LogP contribution in [0.4, 0.5) is 22.7 Å². The number of ketones is 1. The van der Waals surface area contributed by atoms with Crippen molar-refractivity contribution in [2.75, 3.05) is 11.9 Å². The Labute approximate surface area is 139 Å². The standard InChI is InChI=1S/C14H10N4O7/c19-14(9-1-3-10(4-2-9)16(20)21)8-15-12-6-5-11(17(22)23)7-13(12)18(24)25/h1-7,15H,8H2. The molecule has 11 nitrogen and oxygen atoms in total. The van der Waals surface area contributed by atoms with E-state index in [0.29, 0.717) is 0 Å². The number of nitro groups is 3. The number of rotatable bonds is 7. The highest BCUT2D eigenvalue weighted by molar-refractivity contribution is 5.99. The molecule has 2 aromatic rings. The molecule has 0 amide bonds. The first kappa shape index (κ1) is 17.5. The fraction of sp³-hybridized carbons (Fsp3) is 0.0714. The van der Waals surface area contributed by atoms with Gasteiger partial charge in [-0.25, -0.2) is 0 Å². The third kappa shape index (κ3) is 4.10. The molecular formula is C14H10N4O7. The van der Waals surface area contributed by atoms with E-state index in [0.717, 1.165) is 18.2 Å². The third-order valence-electron chi connectivity index (χ3n) is 3.23. The van der Waals surface area contributed by atoms with Crippen LogP contribution >= 0.6 is 0 Å². The van der Waals surface area contributed by atoms with Crippen LogP contribution in [0.1, 0.15) is 10.4 Å². The Morgan fingerprint density at radius 3 is 1.92 bits per heavy atom. The summed E-state index contributed by atoms with van der Waals surface area (Å²) in [5, 5.41) is 34.8. The maximum atomic E-state index is 12.0. The Bertz CT molecular complexity index is 864. The number of anilines is 1. The van der Waals surface area contributed by atoms with Gasteiger partial charge in [0.15, 0.2) is 5.78 Å². The summed E-state index contributed by atoms with van der Waals surface area (Å²) in [4.78, 5) is 42.1. The average molecular weight is 346 g/mol. The molecule has 0 heterocycles. The van der Waals surface area contributed by atoms with Crippen LogP contribution in [0.5, 0.6) is 0 Å². The van der Waals surface area contributed by atoms with Gasteiger partial charge in [-0.05, 0) is 18.2 Å². The molecule has 0 aliphatic rings. The quantitative estimate of drug-likeness (QED) is 0.455. The van der Waals surface area contributed by atoms with Crippen LogP contribution in [0.2, 0.25) is 0 Å². The Morgan fingerprint density at radius 2 is 1.40 bits per heavy atom. The minimum absolute atomic E-state index is 0.0501. The van der Waals surface area contributed by atoms with Gasteiger partial charge in [0.25, 0.3) is 17.1 Å². The van der Waals surface area contributed by atoms with Crippen molar-refractivity contribution in [1.29, 1.82) is 0 Å². The number of hydrogen-bond acceptors (Lipinski definition) is 8. The Hall–Kier alpha value is -3.89. The zero-order valence-electron chi connectivity index (χ0n) is 12.4. The van der Waals surface area contributed by atoms with Gasteiger partial charge in [0, 0.05) is 23.8 Å². The highest BCUT2D eigenvalue weighted by atomic mass is 16.6. The summed E-state index contributed by atoms with van der Waals surface area (Å²) in [6, 6.07) is 7.88. The molecule has 0 atom stereocenters. The Balaban J connectivity index is 2.14. The van der Waals surface area contributed by atoms with Gasteiger partial charge in [0.2, 0.25) is 0 Å². The second kappa shape index (κ2) is 7.12. The number of non-ortho nitro benzene ring substituents is 2. The monoisotopic (exact) mass is 346 g/mol. The molecule has 0 aliphatic heterocycles. The first-order valence-electron chi connectivity index (χ1n) is 6.74. The maximum Gasteiger partial charge on any atom is 0.299 e. The van der Waals surface area contributed by atoms with E-state index in [4.69, 9.17) is 0 Å². The van der Waals surface area contributed by atoms with Gasteiger partial charge < -0.3 is 5.32 Å². The number of nitro benzene ring substituents is 3. The van der Waals surface area contributed by atoms with E-state index in [1.807, 2.05) is 0 Å². The lowest BCUT2D eigenvalue weighted by Gasteiger charge is -2.06. The van der Waals surface area contributed by atoms with Gasteiger partial charge in [-0.2, -0.15) is 0 Å². The predicted molar refractivity (Wildman–Crippen MR) is 85.7 cm³/mol. The molecule has 25 heavy (non-hydrogen) atoms. The lowest BCUT2D eigenvalue weighted by atomic mass is 10.1. The highest BCUT2D eigenvalue weighted by Gasteiger charge is 2.20. The van der Waals surface area contributed by atoms with Crippen LogP contribution in [0.15, 0.2) is 42.5 Å². The van der Waals surface area contributed by atoms with Crippen molar-refractivity contribution in [2.45, 2.75) is 0 Å². The minimum atomic E-state index is -0.800. The van der Waals surface area contributed by atoms with Crippen LogP contribution in [-0.4, -0.2) is 27.1 Å².